The van der Waals surface area contributed by atoms with E-state index in [0.717, 1.165) is 0 Å². The highest BCUT2D eigenvalue weighted by Gasteiger charge is 2.61. The van der Waals surface area contributed by atoms with E-state index in [9.17, 15) is 0 Å². The van der Waals surface area contributed by atoms with Crippen LogP contribution in [0.5, 0.6) is 0 Å². The second kappa shape index (κ2) is 13.0. The van der Waals surface area contributed by atoms with E-state index in [1.54, 1.807) is 0 Å². The number of hydrogen-bond acceptors (Lipinski definition) is 6. The minimum Gasteiger partial charge on any atom is -0.300 e. The highest BCUT2D eigenvalue weighted by atomic mass is 32.2. The molecule has 0 N–H and O–H groups in total. The maximum Gasteiger partial charge on any atom is 0.101 e. The van der Waals surface area contributed by atoms with Crippen LogP contribution in [-0.4, -0.2) is 0 Å². The summed E-state index contributed by atoms with van der Waals surface area (Å²) in [5.74, 6) is 0. The van der Waals surface area contributed by atoms with Crippen LogP contribution in [0.15, 0.2) is 226 Å². The van der Waals surface area contributed by atoms with Crippen LogP contribution in [0.3, 0.4) is 0 Å². The molecule has 5 aliphatic rings. The second-order valence-electron chi connectivity index (χ2n) is 17.1. The molecule has 0 atom stereocenters. The number of rotatable bonds is 2. The first-order chi connectivity index (χ1) is 31.7. The fraction of sp³-hybridized carbons (Fsp3) is 0.0345. The molecular formula is C58H34N2S4. The van der Waals surface area contributed by atoms with Gasteiger partial charge < -0.3 is 0 Å². The predicted molar refractivity (Wildman–Crippen MR) is 268 cm³/mol. The molecule has 0 saturated heterocycles. The zero-order chi connectivity index (χ0) is 41.7. The summed E-state index contributed by atoms with van der Waals surface area (Å²) in [7, 11) is 0. The Bertz CT molecular complexity index is 3170. The molecule has 0 radical (unpaired) electrons. The molecule has 15 rings (SSSR count). The van der Waals surface area contributed by atoms with E-state index in [0.29, 0.717) is 0 Å². The van der Waals surface area contributed by atoms with Gasteiger partial charge in [0, 0.05) is 29.3 Å². The standard InChI is InChI=1S/C58H34N2S4/c1-5-21-39-35(17-1)36-18-2-6-22-40(36)57(39)43-33-53(59-45-25-9-13-29-49(45)61-50-30-14-10-26-46(50)59)64-56(43)58(41-23-7-3-19-37(41)38-20-4-8-24-42(38)58)44-34-54(63-55(44)57)60-47-27-11-15-31-51(47)62-52-32-16-12-28-48(52)60/h1-34H. The van der Waals surface area contributed by atoms with Crippen LogP contribution >= 0.6 is 46.2 Å². The summed E-state index contributed by atoms with van der Waals surface area (Å²) in [5.41, 5.74) is 17.2. The molecule has 8 aromatic carbocycles. The van der Waals surface area contributed by atoms with Crippen LogP contribution in [0.2, 0.25) is 0 Å². The Morgan fingerprint density at radius 1 is 0.281 bits per heavy atom. The molecule has 6 heteroatoms. The van der Waals surface area contributed by atoms with E-state index in [-0.39, 0.29) is 0 Å². The average molecular weight is 887 g/mol. The molecule has 2 aromatic heterocycles. The van der Waals surface area contributed by atoms with Crippen LogP contribution in [-0.2, 0) is 10.8 Å². The third-order valence-electron chi connectivity index (χ3n) is 14.1. The zero-order valence-corrected chi connectivity index (χ0v) is 37.4. The van der Waals surface area contributed by atoms with E-state index < -0.39 is 10.8 Å². The molecule has 2 aliphatic heterocycles. The maximum absolute atomic E-state index is 2.61. The predicted octanol–water partition coefficient (Wildman–Crippen LogP) is 16.7. The van der Waals surface area contributed by atoms with Crippen molar-refractivity contribution in [1.29, 1.82) is 0 Å². The monoisotopic (exact) mass is 886 g/mol. The number of hydrogen-bond donors (Lipinski definition) is 0. The van der Waals surface area contributed by atoms with Gasteiger partial charge in [0.2, 0.25) is 0 Å². The molecule has 2 spiro atoms. The molecule has 4 heterocycles. The first-order valence-electron chi connectivity index (χ1n) is 21.7. The highest BCUT2D eigenvalue weighted by molar-refractivity contribution is 8.00. The Morgan fingerprint density at radius 2 is 0.547 bits per heavy atom. The lowest BCUT2D eigenvalue weighted by molar-refractivity contribution is 0.662. The number of nitrogens with zero attached hydrogens (tertiary/aromatic N) is 2. The summed E-state index contributed by atoms with van der Waals surface area (Å²) in [6.07, 6.45) is 0. The van der Waals surface area contributed by atoms with E-state index in [1.165, 1.54) is 118 Å². The van der Waals surface area contributed by atoms with Gasteiger partial charge in [-0.3, -0.25) is 9.80 Å². The topological polar surface area (TPSA) is 6.48 Å². The van der Waals surface area contributed by atoms with Gasteiger partial charge in [0.05, 0.1) is 33.6 Å². The average Bonchev–Trinajstić information content (AvgIpc) is 4.13. The Morgan fingerprint density at radius 3 is 0.859 bits per heavy atom. The van der Waals surface area contributed by atoms with Crippen molar-refractivity contribution in [3.8, 4) is 22.3 Å². The van der Waals surface area contributed by atoms with Gasteiger partial charge >= 0.3 is 0 Å². The van der Waals surface area contributed by atoms with E-state index in [2.05, 4.69) is 216 Å². The van der Waals surface area contributed by atoms with Gasteiger partial charge in [0.1, 0.15) is 10.0 Å². The molecule has 0 fully saturated rings. The minimum atomic E-state index is -0.583. The summed E-state index contributed by atoms with van der Waals surface area (Å²) in [5, 5.41) is 2.47. The van der Waals surface area contributed by atoms with Crippen molar-refractivity contribution in [1.82, 2.24) is 0 Å². The van der Waals surface area contributed by atoms with E-state index in [1.807, 2.05) is 46.2 Å². The van der Waals surface area contributed by atoms with Crippen molar-refractivity contribution in [2.24, 2.45) is 0 Å². The smallest absolute Gasteiger partial charge is 0.101 e. The fourth-order valence-electron chi connectivity index (χ4n) is 11.8. The lowest BCUT2D eigenvalue weighted by Crippen LogP contribution is -2.41. The van der Waals surface area contributed by atoms with Crippen molar-refractivity contribution in [3.63, 3.8) is 0 Å². The van der Waals surface area contributed by atoms with Gasteiger partial charge in [-0.25, -0.2) is 0 Å². The Balaban J connectivity index is 1.12. The van der Waals surface area contributed by atoms with Crippen molar-refractivity contribution >= 4 is 78.9 Å². The number of para-hydroxylation sites is 4. The van der Waals surface area contributed by atoms with E-state index >= 15 is 0 Å². The lowest BCUT2D eigenvalue weighted by atomic mass is 9.58. The van der Waals surface area contributed by atoms with Crippen LogP contribution in [0.4, 0.5) is 32.8 Å². The second-order valence-corrected chi connectivity index (χ2v) is 21.3. The summed E-state index contributed by atoms with van der Waals surface area (Å²) < 4.78 is 0. The summed E-state index contributed by atoms with van der Waals surface area (Å²) in [6, 6.07) is 78.1. The third-order valence-corrected chi connectivity index (χ3v) is 18.9. The molecule has 0 amide bonds. The molecule has 300 valence electrons. The first-order valence-corrected chi connectivity index (χ1v) is 25.0. The summed E-state index contributed by atoms with van der Waals surface area (Å²) >= 11 is 7.73. The molecule has 0 saturated carbocycles. The Labute approximate surface area is 388 Å². The Kier molecular flexibility index (Phi) is 7.30. The van der Waals surface area contributed by atoms with E-state index in [4.69, 9.17) is 0 Å². The van der Waals surface area contributed by atoms with Crippen LogP contribution < -0.4 is 9.80 Å². The van der Waals surface area contributed by atoms with Crippen LogP contribution in [0.25, 0.3) is 22.3 Å². The number of thiophene rings is 2. The minimum absolute atomic E-state index is 0.583. The van der Waals surface area contributed by atoms with Gasteiger partial charge in [0.15, 0.2) is 0 Å². The van der Waals surface area contributed by atoms with Gasteiger partial charge in [-0.1, -0.05) is 169 Å². The molecule has 3 aliphatic carbocycles. The molecule has 0 bridgehead atoms. The lowest BCUT2D eigenvalue weighted by Gasteiger charge is -2.45. The van der Waals surface area contributed by atoms with Crippen molar-refractivity contribution in [3.05, 3.63) is 249 Å². The van der Waals surface area contributed by atoms with Gasteiger partial charge in [-0.15, -0.1) is 22.7 Å². The summed E-state index contributed by atoms with van der Waals surface area (Å²) in [6.45, 7) is 0. The van der Waals surface area contributed by atoms with Crippen molar-refractivity contribution in [2.45, 2.75) is 30.4 Å². The molecular weight excluding hydrogens is 853 g/mol. The highest BCUT2D eigenvalue weighted by Crippen LogP contribution is 2.72. The van der Waals surface area contributed by atoms with Gasteiger partial charge in [-0.2, -0.15) is 0 Å². The van der Waals surface area contributed by atoms with Gasteiger partial charge in [-0.05, 0) is 116 Å². The molecule has 10 aromatic rings. The summed E-state index contributed by atoms with van der Waals surface area (Å²) in [4.78, 5) is 13.0. The Hall–Kier alpha value is -6.54. The molecule has 0 unspecified atom stereocenters. The number of anilines is 6. The normalized spacial score (nSPS) is 15.6. The third kappa shape index (κ3) is 4.39. The fourth-order valence-corrected chi connectivity index (χ4v) is 16.8. The quantitative estimate of drug-likeness (QED) is 0.171. The largest absolute Gasteiger partial charge is 0.300 e. The first kappa shape index (κ1) is 35.9. The van der Waals surface area contributed by atoms with Crippen LogP contribution in [0.1, 0.15) is 43.1 Å². The van der Waals surface area contributed by atoms with Gasteiger partial charge in [0.25, 0.3) is 0 Å². The van der Waals surface area contributed by atoms with Crippen molar-refractivity contribution < 1.29 is 0 Å². The maximum atomic E-state index is 2.61. The number of benzene rings is 8. The van der Waals surface area contributed by atoms with Crippen molar-refractivity contribution in [2.75, 3.05) is 9.80 Å². The SMILES string of the molecule is c1ccc2c(c1)Sc1ccccc1N2c1cc2c(s1)C1(c3ccccc3-c3ccccc31)c1cc(N3c4ccccc4Sc4ccccc43)sc1C21c2ccccc2-c2ccccc21. The molecule has 2 nitrogen and oxygen atoms in total. The van der Waals surface area contributed by atoms with Crippen LogP contribution in [0, 0.1) is 0 Å². The molecule has 64 heavy (non-hydrogen) atoms. The zero-order valence-electron chi connectivity index (χ0n) is 34.2. The number of fused-ring (bicyclic) bond motifs is 20.